The van der Waals surface area contributed by atoms with Crippen molar-refractivity contribution >= 4 is 11.9 Å². The highest BCUT2D eigenvalue weighted by Gasteiger charge is 2.29. The zero-order chi connectivity index (χ0) is 11.3. The standard InChI is InChI=1S/C11H17NO3/c1-2-10(13)12-9-7-5-3-4-6-8(9)11(14)15/h2,8-9H,1,3-7H2,(H,12,13)(H,14,15). The molecule has 0 aromatic rings. The number of amides is 1. The van der Waals surface area contributed by atoms with Crippen LogP contribution in [0.1, 0.15) is 32.1 Å². The van der Waals surface area contributed by atoms with Gasteiger partial charge in [0.1, 0.15) is 0 Å². The van der Waals surface area contributed by atoms with Gasteiger partial charge in [-0.3, -0.25) is 9.59 Å². The lowest BCUT2D eigenvalue weighted by molar-refractivity contribution is -0.143. The molecule has 4 heteroatoms. The Morgan fingerprint density at radius 3 is 2.53 bits per heavy atom. The predicted octanol–water partition coefficient (Wildman–Crippen LogP) is 1.32. The van der Waals surface area contributed by atoms with Crippen molar-refractivity contribution in [3.05, 3.63) is 12.7 Å². The highest BCUT2D eigenvalue weighted by molar-refractivity contribution is 5.87. The number of aliphatic carboxylic acids is 1. The fourth-order valence-electron chi connectivity index (χ4n) is 2.02. The van der Waals surface area contributed by atoms with Crippen LogP contribution >= 0.6 is 0 Å². The first-order valence-electron chi connectivity index (χ1n) is 5.31. The Balaban J connectivity index is 2.65. The van der Waals surface area contributed by atoms with Crippen LogP contribution in [-0.2, 0) is 9.59 Å². The normalized spacial score (nSPS) is 26.4. The predicted molar refractivity (Wildman–Crippen MR) is 56.3 cm³/mol. The zero-order valence-electron chi connectivity index (χ0n) is 8.74. The molecule has 1 aliphatic carbocycles. The largest absolute Gasteiger partial charge is 0.481 e. The molecule has 2 N–H and O–H groups in total. The van der Waals surface area contributed by atoms with Gasteiger partial charge in [-0.15, -0.1) is 0 Å². The zero-order valence-corrected chi connectivity index (χ0v) is 8.74. The second-order valence-corrected chi connectivity index (χ2v) is 3.90. The molecule has 0 bridgehead atoms. The first kappa shape index (κ1) is 11.8. The number of carboxylic acid groups (broad SMARTS) is 1. The molecule has 1 saturated carbocycles. The van der Waals surface area contributed by atoms with Crippen LogP contribution in [0.5, 0.6) is 0 Å². The van der Waals surface area contributed by atoms with Gasteiger partial charge in [-0.25, -0.2) is 0 Å². The second kappa shape index (κ2) is 5.53. The summed E-state index contributed by atoms with van der Waals surface area (Å²) in [5, 5.41) is 11.7. The van der Waals surface area contributed by atoms with E-state index in [-0.39, 0.29) is 11.9 Å². The third-order valence-electron chi connectivity index (χ3n) is 2.85. The van der Waals surface area contributed by atoms with E-state index in [2.05, 4.69) is 11.9 Å². The van der Waals surface area contributed by atoms with Crippen LogP contribution in [0.15, 0.2) is 12.7 Å². The van der Waals surface area contributed by atoms with Gasteiger partial charge in [0.15, 0.2) is 0 Å². The molecule has 1 aliphatic rings. The van der Waals surface area contributed by atoms with Gasteiger partial charge in [0.05, 0.1) is 5.92 Å². The lowest BCUT2D eigenvalue weighted by Crippen LogP contribution is -2.42. The summed E-state index contributed by atoms with van der Waals surface area (Å²) in [6.07, 6.45) is 5.53. The van der Waals surface area contributed by atoms with Crippen molar-refractivity contribution < 1.29 is 14.7 Å². The molecule has 0 aliphatic heterocycles. The van der Waals surface area contributed by atoms with E-state index < -0.39 is 11.9 Å². The molecular weight excluding hydrogens is 194 g/mol. The Hall–Kier alpha value is -1.32. The Morgan fingerprint density at radius 2 is 1.93 bits per heavy atom. The van der Waals surface area contributed by atoms with Crippen LogP contribution in [0.4, 0.5) is 0 Å². The number of hydrogen-bond acceptors (Lipinski definition) is 2. The average molecular weight is 211 g/mol. The van der Waals surface area contributed by atoms with Crippen molar-refractivity contribution in [3.63, 3.8) is 0 Å². The molecule has 2 atom stereocenters. The topological polar surface area (TPSA) is 66.4 Å². The lowest BCUT2D eigenvalue weighted by Gasteiger charge is -2.21. The number of nitrogens with one attached hydrogen (secondary N) is 1. The van der Waals surface area contributed by atoms with Gasteiger partial charge in [0, 0.05) is 6.04 Å². The Bertz CT molecular complexity index is 263. The van der Waals surface area contributed by atoms with E-state index in [1.807, 2.05) is 0 Å². The van der Waals surface area contributed by atoms with Crippen molar-refractivity contribution in [2.45, 2.75) is 38.1 Å². The number of hydrogen-bond donors (Lipinski definition) is 2. The third kappa shape index (κ3) is 3.38. The molecular formula is C11H17NO3. The number of carboxylic acids is 1. The maximum Gasteiger partial charge on any atom is 0.308 e. The van der Waals surface area contributed by atoms with Crippen molar-refractivity contribution in [3.8, 4) is 0 Å². The third-order valence-corrected chi connectivity index (χ3v) is 2.85. The second-order valence-electron chi connectivity index (χ2n) is 3.90. The number of rotatable bonds is 3. The van der Waals surface area contributed by atoms with E-state index in [4.69, 9.17) is 5.11 Å². The van der Waals surface area contributed by atoms with Gasteiger partial charge in [-0.2, -0.15) is 0 Å². The highest BCUT2D eigenvalue weighted by atomic mass is 16.4. The number of carbonyl (C=O) groups excluding carboxylic acids is 1. The molecule has 1 rings (SSSR count). The van der Waals surface area contributed by atoms with Gasteiger partial charge in [-0.05, 0) is 18.9 Å². The van der Waals surface area contributed by atoms with Crippen LogP contribution in [0.3, 0.4) is 0 Å². The lowest BCUT2D eigenvalue weighted by atomic mass is 9.95. The van der Waals surface area contributed by atoms with Crippen LogP contribution in [-0.4, -0.2) is 23.0 Å². The smallest absolute Gasteiger partial charge is 0.308 e. The monoisotopic (exact) mass is 211 g/mol. The van der Waals surface area contributed by atoms with Crippen LogP contribution in [0, 0.1) is 5.92 Å². The van der Waals surface area contributed by atoms with Crippen molar-refractivity contribution in [2.75, 3.05) is 0 Å². The molecule has 84 valence electrons. The molecule has 1 amide bonds. The van der Waals surface area contributed by atoms with Gasteiger partial charge in [0.25, 0.3) is 0 Å². The maximum absolute atomic E-state index is 11.1. The first-order chi connectivity index (χ1) is 7.15. The molecule has 4 nitrogen and oxygen atoms in total. The summed E-state index contributed by atoms with van der Waals surface area (Å²) in [5.74, 6) is -1.55. The summed E-state index contributed by atoms with van der Waals surface area (Å²) in [6, 6.07) is -0.240. The van der Waals surface area contributed by atoms with Crippen LogP contribution in [0.2, 0.25) is 0 Å². The molecule has 0 aromatic heterocycles. The fraction of sp³-hybridized carbons (Fsp3) is 0.636. The average Bonchev–Trinajstić information content (AvgIpc) is 2.43. The van der Waals surface area contributed by atoms with Crippen molar-refractivity contribution in [1.29, 1.82) is 0 Å². The van der Waals surface area contributed by atoms with E-state index in [1.54, 1.807) is 0 Å². The minimum Gasteiger partial charge on any atom is -0.481 e. The fourth-order valence-corrected chi connectivity index (χ4v) is 2.02. The Labute approximate surface area is 89.4 Å². The Kier molecular flexibility index (Phi) is 4.34. The van der Waals surface area contributed by atoms with Gasteiger partial charge < -0.3 is 10.4 Å². The molecule has 0 aromatic carbocycles. The number of carbonyl (C=O) groups is 2. The quantitative estimate of drug-likeness (QED) is 0.546. The summed E-state index contributed by atoms with van der Waals surface area (Å²) < 4.78 is 0. The minimum absolute atomic E-state index is 0.240. The summed E-state index contributed by atoms with van der Waals surface area (Å²) in [7, 11) is 0. The summed E-state index contributed by atoms with van der Waals surface area (Å²) >= 11 is 0. The molecule has 0 radical (unpaired) electrons. The van der Waals surface area contributed by atoms with E-state index in [0.29, 0.717) is 6.42 Å². The van der Waals surface area contributed by atoms with E-state index >= 15 is 0 Å². The highest BCUT2D eigenvalue weighted by Crippen LogP contribution is 2.23. The van der Waals surface area contributed by atoms with E-state index in [1.165, 1.54) is 6.08 Å². The molecule has 0 spiro atoms. The SMILES string of the molecule is C=CC(=O)NC1CCCCCC1C(=O)O. The molecule has 15 heavy (non-hydrogen) atoms. The maximum atomic E-state index is 11.1. The van der Waals surface area contributed by atoms with Crippen LogP contribution < -0.4 is 5.32 Å². The summed E-state index contributed by atoms with van der Waals surface area (Å²) in [4.78, 5) is 22.1. The molecule has 1 fully saturated rings. The summed E-state index contributed by atoms with van der Waals surface area (Å²) in [6.45, 7) is 3.36. The van der Waals surface area contributed by atoms with Crippen molar-refractivity contribution in [1.82, 2.24) is 5.32 Å². The minimum atomic E-state index is -0.814. The van der Waals surface area contributed by atoms with E-state index in [9.17, 15) is 9.59 Å². The van der Waals surface area contributed by atoms with E-state index in [0.717, 1.165) is 25.7 Å². The van der Waals surface area contributed by atoms with Gasteiger partial charge in [0.2, 0.25) is 5.91 Å². The van der Waals surface area contributed by atoms with Gasteiger partial charge >= 0.3 is 5.97 Å². The van der Waals surface area contributed by atoms with Crippen LogP contribution in [0.25, 0.3) is 0 Å². The molecule has 0 heterocycles. The van der Waals surface area contributed by atoms with Crippen molar-refractivity contribution in [2.24, 2.45) is 5.92 Å². The summed E-state index contributed by atoms with van der Waals surface area (Å²) in [5.41, 5.74) is 0. The van der Waals surface area contributed by atoms with Gasteiger partial charge in [-0.1, -0.05) is 25.8 Å². The molecule has 2 unspecified atom stereocenters. The first-order valence-corrected chi connectivity index (χ1v) is 5.31. The molecule has 0 saturated heterocycles. The Morgan fingerprint density at radius 1 is 1.27 bits per heavy atom.